The summed E-state index contributed by atoms with van der Waals surface area (Å²) in [5.74, 6) is 0.0995. The third-order valence-electron chi connectivity index (χ3n) is 9.01. The zero-order valence-corrected chi connectivity index (χ0v) is 26.0. The van der Waals surface area contributed by atoms with Crippen LogP contribution in [-0.4, -0.2) is 56.5 Å². The van der Waals surface area contributed by atoms with Crippen LogP contribution in [-0.2, 0) is 6.18 Å². The Bertz CT molecular complexity index is 1780. The van der Waals surface area contributed by atoms with Crippen LogP contribution in [0.25, 0.3) is 22.8 Å². The van der Waals surface area contributed by atoms with Crippen molar-refractivity contribution in [1.82, 2.24) is 18.9 Å². The number of hydrogen-bond donors (Lipinski definition) is 0. The van der Waals surface area contributed by atoms with Gasteiger partial charge in [-0.15, -0.1) is 0 Å². The summed E-state index contributed by atoms with van der Waals surface area (Å²) < 4.78 is 45.6. The van der Waals surface area contributed by atoms with Gasteiger partial charge in [0.2, 0.25) is 5.91 Å². The molecule has 1 fully saturated rings. The largest absolute Gasteiger partial charge is 0.416 e. The van der Waals surface area contributed by atoms with Crippen molar-refractivity contribution in [2.75, 3.05) is 21.1 Å². The summed E-state index contributed by atoms with van der Waals surface area (Å²) in [5, 5.41) is 13.6. The molecule has 45 heavy (non-hydrogen) atoms. The first-order chi connectivity index (χ1) is 21.3. The molecule has 0 amide bonds. The standard InChI is InChI=1S/C34H38F3N6O2/c1-23-32(30-19-20-39-42(30)27-15-11-25(22-38)12-16-27)41(33(45)40(23)28-9-6-8-26(21-28)34(35,36)37)31(44)10-5-7-24-13-17-29(18-14-24)43(2,3)4/h6,8-9,11-12,15-16,19-21,24,29H,5,7,10,13-14,17-18H2,1-4H3/q+1. The minimum atomic E-state index is -4.60. The van der Waals surface area contributed by atoms with Crippen molar-refractivity contribution in [1.29, 1.82) is 5.26 Å². The fourth-order valence-electron chi connectivity index (χ4n) is 6.49. The van der Waals surface area contributed by atoms with Gasteiger partial charge in [0.15, 0.2) is 0 Å². The average Bonchev–Trinajstić information content (AvgIpc) is 3.58. The van der Waals surface area contributed by atoms with Gasteiger partial charge in [0, 0.05) is 6.42 Å². The van der Waals surface area contributed by atoms with Gasteiger partial charge in [0.05, 0.1) is 79.0 Å². The third kappa shape index (κ3) is 6.66. The minimum Gasteiger partial charge on any atom is -0.328 e. The number of nitriles is 1. The molecule has 1 aliphatic rings. The summed E-state index contributed by atoms with van der Waals surface area (Å²) in [7, 11) is 6.67. The van der Waals surface area contributed by atoms with Gasteiger partial charge in [-0.3, -0.25) is 9.36 Å². The Kier molecular flexibility index (Phi) is 8.90. The monoisotopic (exact) mass is 619 g/mol. The number of nitrogens with zero attached hydrogens (tertiary/aromatic N) is 6. The lowest BCUT2D eigenvalue weighted by atomic mass is 9.82. The lowest BCUT2D eigenvalue weighted by Crippen LogP contribution is -2.46. The number of aromatic nitrogens is 4. The Labute approximate surface area is 260 Å². The van der Waals surface area contributed by atoms with Crippen LogP contribution in [0.1, 0.15) is 66.6 Å². The summed E-state index contributed by atoms with van der Waals surface area (Å²) in [6.45, 7) is 1.61. The highest BCUT2D eigenvalue weighted by Crippen LogP contribution is 2.34. The van der Waals surface area contributed by atoms with Crippen LogP contribution in [0.5, 0.6) is 0 Å². The third-order valence-corrected chi connectivity index (χ3v) is 9.01. The van der Waals surface area contributed by atoms with E-state index in [1.54, 1.807) is 41.9 Å². The van der Waals surface area contributed by atoms with Crippen LogP contribution in [0.15, 0.2) is 65.6 Å². The van der Waals surface area contributed by atoms with Crippen molar-refractivity contribution in [3.63, 3.8) is 0 Å². The van der Waals surface area contributed by atoms with Crippen LogP contribution in [0.2, 0.25) is 0 Å². The van der Waals surface area contributed by atoms with E-state index in [1.165, 1.54) is 18.3 Å². The molecule has 0 spiro atoms. The van der Waals surface area contributed by atoms with Crippen molar-refractivity contribution in [3.05, 3.63) is 88.1 Å². The number of carbonyl (C=O) groups is 1. The molecule has 5 rings (SSSR count). The highest BCUT2D eigenvalue weighted by molar-refractivity contribution is 5.84. The molecule has 2 aromatic carbocycles. The molecule has 0 saturated heterocycles. The number of hydrogen-bond acceptors (Lipinski definition) is 4. The fourth-order valence-corrected chi connectivity index (χ4v) is 6.49. The molecule has 11 heteroatoms. The Morgan fingerprint density at radius 3 is 2.33 bits per heavy atom. The quantitative estimate of drug-likeness (QED) is 0.204. The second-order valence-electron chi connectivity index (χ2n) is 12.8. The van der Waals surface area contributed by atoms with Crippen LogP contribution < -0.4 is 5.69 Å². The van der Waals surface area contributed by atoms with Gasteiger partial charge >= 0.3 is 11.9 Å². The zero-order chi connectivity index (χ0) is 32.5. The van der Waals surface area contributed by atoms with Crippen LogP contribution in [0.4, 0.5) is 13.2 Å². The number of halogens is 3. The van der Waals surface area contributed by atoms with Crippen molar-refractivity contribution < 1.29 is 22.4 Å². The first kappa shape index (κ1) is 32.0. The van der Waals surface area contributed by atoms with E-state index in [0.29, 0.717) is 41.0 Å². The topological polar surface area (TPSA) is 85.6 Å². The van der Waals surface area contributed by atoms with E-state index in [1.807, 2.05) is 0 Å². The predicted octanol–water partition coefficient (Wildman–Crippen LogP) is 6.77. The Morgan fingerprint density at radius 2 is 1.71 bits per heavy atom. The van der Waals surface area contributed by atoms with Crippen LogP contribution in [0.3, 0.4) is 0 Å². The molecule has 0 radical (unpaired) electrons. The maximum absolute atomic E-state index is 14.0. The van der Waals surface area contributed by atoms with E-state index in [0.717, 1.165) is 57.9 Å². The first-order valence-electron chi connectivity index (χ1n) is 15.2. The van der Waals surface area contributed by atoms with Gasteiger partial charge in [-0.1, -0.05) is 6.07 Å². The molecule has 2 aromatic heterocycles. The molecule has 0 N–H and O–H groups in total. The second-order valence-corrected chi connectivity index (χ2v) is 12.8. The smallest absolute Gasteiger partial charge is 0.328 e. The molecule has 8 nitrogen and oxygen atoms in total. The molecular formula is C34H38F3N6O2+. The predicted molar refractivity (Wildman–Crippen MR) is 165 cm³/mol. The summed E-state index contributed by atoms with van der Waals surface area (Å²) in [6.07, 6.45) is 3.02. The number of imidazole rings is 1. The van der Waals surface area contributed by atoms with Crippen molar-refractivity contribution in [3.8, 4) is 28.8 Å². The van der Waals surface area contributed by atoms with Gasteiger partial charge in [0.1, 0.15) is 0 Å². The fraction of sp³-hybridized carbons (Fsp3) is 0.412. The van der Waals surface area contributed by atoms with E-state index in [-0.39, 0.29) is 17.8 Å². The Morgan fingerprint density at radius 1 is 1.02 bits per heavy atom. The Hall–Kier alpha value is -4.43. The molecule has 1 saturated carbocycles. The van der Waals surface area contributed by atoms with E-state index in [9.17, 15) is 28.0 Å². The van der Waals surface area contributed by atoms with Gasteiger partial charge in [0.25, 0.3) is 0 Å². The van der Waals surface area contributed by atoms with Gasteiger partial charge in [-0.05, 0) is 99.9 Å². The second kappa shape index (κ2) is 12.5. The normalized spacial score (nSPS) is 17.3. The molecule has 1 aliphatic carbocycles. The highest BCUT2D eigenvalue weighted by Gasteiger charge is 2.33. The van der Waals surface area contributed by atoms with E-state index < -0.39 is 23.3 Å². The Balaban J connectivity index is 1.51. The number of carbonyl (C=O) groups excluding carboxylic acids is 1. The number of quaternary nitrogens is 1. The maximum Gasteiger partial charge on any atom is 0.416 e. The molecule has 236 valence electrons. The van der Waals surface area contributed by atoms with Crippen LogP contribution in [0, 0.1) is 24.2 Å². The van der Waals surface area contributed by atoms with Crippen LogP contribution >= 0.6 is 0 Å². The molecular weight excluding hydrogens is 581 g/mol. The summed E-state index contributed by atoms with van der Waals surface area (Å²) >= 11 is 0. The summed E-state index contributed by atoms with van der Waals surface area (Å²) in [4.78, 5) is 27.9. The molecule has 0 aliphatic heterocycles. The number of rotatable bonds is 8. The van der Waals surface area contributed by atoms with Crippen molar-refractivity contribution >= 4 is 5.91 Å². The lowest BCUT2D eigenvalue weighted by Gasteiger charge is -2.38. The zero-order valence-electron chi connectivity index (χ0n) is 26.0. The lowest BCUT2D eigenvalue weighted by molar-refractivity contribution is -0.897. The van der Waals surface area contributed by atoms with E-state index in [4.69, 9.17) is 0 Å². The number of alkyl halides is 3. The number of benzene rings is 2. The highest BCUT2D eigenvalue weighted by atomic mass is 19.4. The molecule has 2 heterocycles. The average molecular weight is 620 g/mol. The van der Waals surface area contributed by atoms with Gasteiger partial charge < -0.3 is 4.48 Å². The van der Waals surface area contributed by atoms with E-state index >= 15 is 0 Å². The summed E-state index contributed by atoms with van der Waals surface area (Å²) in [5.41, 5.74) is 0.422. The first-order valence-corrected chi connectivity index (χ1v) is 15.2. The molecule has 0 atom stereocenters. The van der Waals surface area contributed by atoms with Crippen molar-refractivity contribution in [2.24, 2.45) is 5.92 Å². The molecule has 4 aromatic rings. The van der Waals surface area contributed by atoms with Crippen molar-refractivity contribution in [2.45, 2.75) is 64.1 Å². The molecule has 0 unspecified atom stereocenters. The SMILES string of the molecule is Cc1c(-c2ccnn2-c2ccc(C#N)cc2)n(C(=O)CCCC2CCC([N+](C)(C)C)CC2)c(=O)n1-c1cccc(C(F)(F)F)c1. The summed E-state index contributed by atoms with van der Waals surface area (Å²) in [6, 6.07) is 15.6. The maximum atomic E-state index is 14.0. The van der Waals surface area contributed by atoms with Gasteiger partial charge in [-0.2, -0.15) is 23.5 Å². The minimum absolute atomic E-state index is 0.0126. The van der Waals surface area contributed by atoms with E-state index in [2.05, 4.69) is 32.3 Å². The molecule has 0 bridgehead atoms. The van der Waals surface area contributed by atoms with Gasteiger partial charge in [-0.25, -0.2) is 14.0 Å².